The number of carbonyl (C=O) groups is 1. The second-order valence-electron chi connectivity index (χ2n) is 4.92. The van der Waals surface area contributed by atoms with E-state index in [1.54, 1.807) is 0 Å². The zero-order valence-electron chi connectivity index (χ0n) is 14.5. The van der Waals surface area contributed by atoms with Gasteiger partial charge in [0.2, 0.25) is 0 Å². The predicted octanol–water partition coefficient (Wildman–Crippen LogP) is 0.0421. The van der Waals surface area contributed by atoms with Crippen molar-refractivity contribution >= 4 is 5.97 Å². The summed E-state index contributed by atoms with van der Waals surface area (Å²) in [6.45, 7) is -0.163. The molecule has 0 amide bonds. The predicted molar refractivity (Wildman–Crippen MR) is 92.3 cm³/mol. The summed E-state index contributed by atoms with van der Waals surface area (Å²) in [6, 6.07) is 5.88. The zero-order valence-corrected chi connectivity index (χ0v) is 14.5. The van der Waals surface area contributed by atoms with Crippen LogP contribution >= 0.6 is 0 Å². The number of unbranched alkanes of at least 4 members (excludes halogenated alkanes) is 3. The van der Waals surface area contributed by atoms with Gasteiger partial charge in [-0.3, -0.25) is 0 Å². The van der Waals surface area contributed by atoms with Crippen molar-refractivity contribution in [3.63, 3.8) is 0 Å². The SMILES string of the molecule is COC(=O)c1ccc(O)cc1.OCC(O)CO.OCCCCCCO. The molecule has 1 aromatic carbocycles. The minimum Gasteiger partial charge on any atom is -0.508 e. The molecule has 0 bridgehead atoms. The van der Waals surface area contributed by atoms with E-state index in [1.165, 1.54) is 31.4 Å². The molecule has 0 unspecified atom stereocenters. The van der Waals surface area contributed by atoms with Gasteiger partial charge in [0.25, 0.3) is 0 Å². The number of phenols is 1. The molecule has 8 nitrogen and oxygen atoms in total. The lowest BCUT2D eigenvalue weighted by Crippen LogP contribution is -2.15. The highest BCUT2D eigenvalue weighted by Gasteiger charge is 2.02. The Bertz CT molecular complexity index is 398. The van der Waals surface area contributed by atoms with Gasteiger partial charge in [-0.2, -0.15) is 0 Å². The summed E-state index contributed by atoms with van der Waals surface area (Å²) in [4.78, 5) is 10.8. The summed E-state index contributed by atoms with van der Waals surface area (Å²) in [6.07, 6.45) is 2.87. The Kier molecular flexibility index (Phi) is 19.0. The lowest BCUT2D eigenvalue weighted by Gasteiger charge is -1.97. The van der Waals surface area contributed by atoms with Crippen LogP contribution in [-0.2, 0) is 4.74 Å². The van der Waals surface area contributed by atoms with E-state index in [0.717, 1.165) is 25.7 Å². The standard InChI is InChI=1S/C8H8O3.C6H14O2.C3H8O3/c1-11-8(10)6-2-4-7(9)5-3-6;7-5-3-1-2-4-6-8;4-1-3(6)2-5/h2-5,9H,1H3;7-8H,1-6H2;3-6H,1-2H2. The lowest BCUT2D eigenvalue weighted by molar-refractivity contribution is 0.0450. The number of hydrogen-bond acceptors (Lipinski definition) is 8. The first-order valence-corrected chi connectivity index (χ1v) is 7.95. The quantitative estimate of drug-likeness (QED) is 0.281. The lowest BCUT2D eigenvalue weighted by atomic mass is 10.2. The molecular formula is C17H30O8. The van der Waals surface area contributed by atoms with Crippen molar-refractivity contribution in [2.24, 2.45) is 0 Å². The Morgan fingerprint density at radius 3 is 1.64 bits per heavy atom. The Hall–Kier alpha value is -1.71. The minimum absolute atomic E-state index is 0.137. The number of phenolic OH excluding ortho intramolecular Hbond substituents is 1. The molecule has 0 saturated carbocycles. The van der Waals surface area contributed by atoms with Crippen LogP contribution in [0.25, 0.3) is 0 Å². The van der Waals surface area contributed by atoms with Gasteiger partial charge in [-0.15, -0.1) is 0 Å². The van der Waals surface area contributed by atoms with Gasteiger partial charge >= 0.3 is 5.97 Å². The Labute approximate surface area is 147 Å². The highest BCUT2D eigenvalue weighted by Crippen LogP contribution is 2.09. The Morgan fingerprint density at radius 1 is 0.920 bits per heavy atom. The number of aromatic hydroxyl groups is 1. The van der Waals surface area contributed by atoms with E-state index in [-0.39, 0.29) is 32.2 Å². The summed E-state index contributed by atoms with van der Waals surface area (Å²) in [5.41, 5.74) is 0.435. The van der Waals surface area contributed by atoms with E-state index < -0.39 is 12.1 Å². The van der Waals surface area contributed by atoms with Gasteiger partial charge in [0.15, 0.2) is 0 Å². The van der Waals surface area contributed by atoms with E-state index in [1.807, 2.05) is 0 Å². The summed E-state index contributed by atoms with van der Waals surface area (Å²) in [5.74, 6) is -0.261. The van der Waals surface area contributed by atoms with Gasteiger partial charge < -0.3 is 35.4 Å². The normalized spacial score (nSPS) is 9.56. The molecule has 1 rings (SSSR count). The summed E-state index contributed by atoms with van der Waals surface area (Å²) in [5, 5.41) is 49.5. The molecule has 8 heteroatoms. The summed E-state index contributed by atoms with van der Waals surface area (Å²) < 4.78 is 4.46. The summed E-state index contributed by atoms with van der Waals surface area (Å²) >= 11 is 0. The third-order valence-electron chi connectivity index (χ3n) is 2.78. The van der Waals surface area contributed by atoms with Crippen LogP contribution in [0.3, 0.4) is 0 Å². The Morgan fingerprint density at radius 2 is 1.36 bits per heavy atom. The third kappa shape index (κ3) is 16.9. The van der Waals surface area contributed by atoms with E-state index in [9.17, 15) is 4.79 Å². The molecule has 0 aliphatic rings. The van der Waals surface area contributed by atoms with Crippen LogP contribution in [0.15, 0.2) is 24.3 Å². The van der Waals surface area contributed by atoms with Crippen molar-refractivity contribution in [2.75, 3.05) is 33.5 Å². The summed E-state index contributed by atoms with van der Waals surface area (Å²) in [7, 11) is 1.31. The number of ether oxygens (including phenoxy) is 1. The van der Waals surface area contributed by atoms with E-state index in [2.05, 4.69) is 4.74 Å². The molecular weight excluding hydrogens is 332 g/mol. The van der Waals surface area contributed by atoms with Gasteiger partial charge in [-0.05, 0) is 37.1 Å². The fourth-order valence-electron chi connectivity index (χ4n) is 1.35. The number of aliphatic hydroxyl groups excluding tert-OH is 5. The number of hydrogen-bond donors (Lipinski definition) is 6. The molecule has 1 aromatic rings. The van der Waals surface area contributed by atoms with E-state index in [0.29, 0.717) is 5.56 Å². The molecule has 0 atom stereocenters. The zero-order chi connectivity index (χ0) is 19.5. The van der Waals surface area contributed by atoms with Crippen molar-refractivity contribution in [1.29, 1.82) is 0 Å². The second-order valence-corrected chi connectivity index (χ2v) is 4.92. The third-order valence-corrected chi connectivity index (χ3v) is 2.78. The first-order valence-electron chi connectivity index (χ1n) is 7.95. The first kappa shape index (κ1) is 25.5. The van der Waals surface area contributed by atoms with Crippen LogP contribution < -0.4 is 0 Å². The largest absolute Gasteiger partial charge is 0.508 e. The number of carbonyl (C=O) groups excluding carboxylic acids is 1. The maximum atomic E-state index is 10.8. The molecule has 0 spiro atoms. The van der Waals surface area contributed by atoms with Crippen LogP contribution in [0, 0.1) is 0 Å². The molecule has 0 aromatic heterocycles. The van der Waals surface area contributed by atoms with Gasteiger partial charge in [-0.25, -0.2) is 4.79 Å². The maximum absolute atomic E-state index is 10.8. The van der Waals surface area contributed by atoms with Crippen molar-refractivity contribution in [2.45, 2.75) is 31.8 Å². The molecule has 6 N–H and O–H groups in total. The van der Waals surface area contributed by atoms with Crippen LogP contribution in [0.5, 0.6) is 5.75 Å². The molecule has 0 heterocycles. The topological polar surface area (TPSA) is 148 Å². The number of methoxy groups -OCH3 is 1. The molecule has 0 radical (unpaired) electrons. The van der Waals surface area contributed by atoms with Crippen LogP contribution in [-0.4, -0.2) is 76.2 Å². The fraction of sp³-hybridized carbons (Fsp3) is 0.588. The van der Waals surface area contributed by atoms with E-state index >= 15 is 0 Å². The monoisotopic (exact) mass is 362 g/mol. The second kappa shape index (κ2) is 18.6. The molecule has 0 aliphatic heterocycles. The van der Waals surface area contributed by atoms with Crippen LogP contribution in [0.2, 0.25) is 0 Å². The van der Waals surface area contributed by atoms with Crippen molar-refractivity contribution in [3.05, 3.63) is 29.8 Å². The molecule has 0 aliphatic carbocycles. The number of benzene rings is 1. The highest BCUT2D eigenvalue weighted by atomic mass is 16.5. The maximum Gasteiger partial charge on any atom is 0.337 e. The average molecular weight is 362 g/mol. The van der Waals surface area contributed by atoms with Gasteiger partial charge in [0.1, 0.15) is 11.9 Å². The smallest absolute Gasteiger partial charge is 0.337 e. The molecule has 25 heavy (non-hydrogen) atoms. The average Bonchev–Trinajstić information content (AvgIpc) is 2.65. The number of esters is 1. The van der Waals surface area contributed by atoms with Crippen molar-refractivity contribution in [3.8, 4) is 5.75 Å². The minimum atomic E-state index is -0.954. The van der Waals surface area contributed by atoms with Gasteiger partial charge in [0, 0.05) is 13.2 Å². The molecule has 146 valence electrons. The van der Waals surface area contributed by atoms with Gasteiger partial charge in [0.05, 0.1) is 25.9 Å². The Balaban J connectivity index is 0. The molecule has 0 saturated heterocycles. The van der Waals surface area contributed by atoms with Crippen molar-refractivity contribution < 1.29 is 40.2 Å². The van der Waals surface area contributed by atoms with E-state index in [4.69, 9.17) is 30.6 Å². The first-order chi connectivity index (χ1) is 12.0. The van der Waals surface area contributed by atoms with Gasteiger partial charge in [-0.1, -0.05) is 12.8 Å². The number of rotatable bonds is 8. The van der Waals surface area contributed by atoms with Crippen LogP contribution in [0.4, 0.5) is 0 Å². The highest BCUT2D eigenvalue weighted by molar-refractivity contribution is 5.89. The number of aliphatic hydroxyl groups is 5. The fourth-order valence-corrected chi connectivity index (χ4v) is 1.35. The van der Waals surface area contributed by atoms with Crippen molar-refractivity contribution in [1.82, 2.24) is 0 Å². The van der Waals surface area contributed by atoms with Crippen LogP contribution in [0.1, 0.15) is 36.0 Å². The molecule has 0 fully saturated rings.